The summed E-state index contributed by atoms with van der Waals surface area (Å²) in [6.45, 7) is 6.92. The molecule has 2 aromatic carbocycles. The topological polar surface area (TPSA) is 178 Å². The van der Waals surface area contributed by atoms with Gasteiger partial charge in [0, 0.05) is 11.1 Å². The van der Waals surface area contributed by atoms with Gasteiger partial charge in [-0.1, -0.05) is 35.5 Å². The molecule has 2 aliphatic heterocycles. The SMILES string of the molecule is CON=C(C(=O)N[C@@H]1C(=O)N2C(C(=O)OCc3ccc(OC)cc3)=C(Cc3cccc(CO)c3C)CS[C@H]12)c1csc(NC(=O)OC(C)(C)C)n1. The van der Waals surface area contributed by atoms with E-state index in [1.807, 2.05) is 25.1 Å². The van der Waals surface area contributed by atoms with Gasteiger partial charge in [0.15, 0.2) is 10.8 Å². The van der Waals surface area contributed by atoms with Gasteiger partial charge in [0.1, 0.15) is 47.9 Å². The third kappa shape index (κ3) is 8.69. The lowest BCUT2D eigenvalue weighted by Crippen LogP contribution is -2.71. The highest BCUT2D eigenvalue weighted by atomic mass is 32.2. The first-order valence-corrected chi connectivity index (χ1v) is 17.8. The van der Waals surface area contributed by atoms with E-state index in [2.05, 4.69) is 20.8 Å². The molecule has 16 heteroatoms. The molecule has 0 saturated carbocycles. The number of methoxy groups -OCH3 is 1. The molecule has 3 N–H and O–H groups in total. The van der Waals surface area contributed by atoms with Crippen LogP contribution in [-0.4, -0.2) is 81.6 Å². The highest BCUT2D eigenvalue weighted by Gasteiger charge is 2.54. The van der Waals surface area contributed by atoms with Crippen LogP contribution in [0.5, 0.6) is 5.75 Å². The first-order valence-electron chi connectivity index (χ1n) is 15.9. The van der Waals surface area contributed by atoms with E-state index in [9.17, 15) is 24.3 Å². The Labute approximate surface area is 303 Å². The minimum Gasteiger partial charge on any atom is -0.497 e. The van der Waals surface area contributed by atoms with Crippen LogP contribution in [0.1, 0.15) is 48.7 Å². The average molecular weight is 738 g/mol. The zero-order chi connectivity index (χ0) is 36.9. The van der Waals surface area contributed by atoms with Gasteiger partial charge in [0.05, 0.1) is 13.7 Å². The van der Waals surface area contributed by atoms with Crippen LogP contribution in [-0.2, 0) is 48.3 Å². The zero-order valence-electron chi connectivity index (χ0n) is 29.0. The molecule has 0 aliphatic carbocycles. The van der Waals surface area contributed by atoms with E-state index in [4.69, 9.17) is 19.0 Å². The van der Waals surface area contributed by atoms with Crippen LogP contribution < -0.4 is 15.4 Å². The van der Waals surface area contributed by atoms with E-state index in [-0.39, 0.29) is 35.4 Å². The number of rotatable bonds is 12. The lowest BCUT2D eigenvalue weighted by molar-refractivity contribution is -0.153. The molecule has 1 aromatic heterocycles. The Morgan fingerprint density at radius 1 is 1.10 bits per heavy atom. The number of thiazole rings is 1. The summed E-state index contributed by atoms with van der Waals surface area (Å²) in [6, 6.07) is 11.7. The average Bonchev–Trinajstić information content (AvgIpc) is 3.55. The molecule has 14 nitrogen and oxygen atoms in total. The lowest BCUT2D eigenvalue weighted by Gasteiger charge is -2.49. The minimum absolute atomic E-state index is 0.0338. The van der Waals surface area contributed by atoms with E-state index >= 15 is 0 Å². The summed E-state index contributed by atoms with van der Waals surface area (Å²) in [4.78, 5) is 63.8. The molecule has 0 radical (unpaired) electrons. The Kier molecular flexibility index (Phi) is 11.7. The highest BCUT2D eigenvalue weighted by molar-refractivity contribution is 8.00. The van der Waals surface area contributed by atoms with Crippen molar-refractivity contribution in [2.75, 3.05) is 25.3 Å². The summed E-state index contributed by atoms with van der Waals surface area (Å²) in [5.74, 6) is -0.874. The number of fused-ring (bicyclic) bond motifs is 1. The first-order chi connectivity index (χ1) is 24.3. The summed E-state index contributed by atoms with van der Waals surface area (Å²) in [6.07, 6.45) is -0.365. The van der Waals surface area contributed by atoms with Crippen molar-refractivity contribution in [1.82, 2.24) is 15.2 Å². The number of β-lactam (4-membered cyclic amide) rings is 1. The normalized spacial score (nSPS) is 17.3. The van der Waals surface area contributed by atoms with Crippen LogP contribution in [0.15, 0.2) is 64.3 Å². The van der Waals surface area contributed by atoms with Crippen LogP contribution in [0.3, 0.4) is 0 Å². The molecule has 5 rings (SSSR count). The van der Waals surface area contributed by atoms with Crippen molar-refractivity contribution in [1.29, 1.82) is 0 Å². The maximum absolute atomic E-state index is 13.8. The molecule has 0 unspecified atom stereocenters. The molecular weight excluding hydrogens is 699 g/mol. The maximum atomic E-state index is 13.8. The number of carbonyl (C=O) groups excluding carboxylic acids is 4. The number of hydrogen-bond acceptors (Lipinski definition) is 13. The lowest BCUT2D eigenvalue weighted by atomic mass is 9.94. The third-order valence-corrected chi connectivity index (χ3v) is 10.0. The Bertz CT molecular complexity index is 1870. The van der Waals surface area contributed by atoms with Gasteiger partial charge in [0.2, 0.25) is 0 Å². The highest BCUT2D eigenvalue weighted by Crippen LogP contribution is 2.42. The number of aromatic nitrogens is 1. The van der Waals surface area contributed by atoms with Gasteiger partial charge < -0.3 is 29.5 Å². The summed E-state index contributed by atoms with van der Waals surface area (Å²) >= 11 is 2.45. The second-order valence-corrected chi connectivity index (χ2v) is 14.5. The molecule has 3 amide bonds. The van der Waals surface area contributed by atoms with Crippen molar-refractivity contribution in [3.05, 3.63) is 87.1 Å². The Morgan fingerprint density at radius 3 is 2.49 bits per heavy atom. The molecule has 51 heavy (non-hydrogen) atoms. The number of thioether (sulfide) groups is 1. The fourth-order valence-corrected chi connectivity index (χ4v) is 7.44. The number of benzene rings is 2. The van der Waals surface area contributed by atoms with Crippen LogP contribution in [0.2, 0.25) is 0 Å². The number of aliphatic hydroxyl groups is 1. The smallest absolute Gasteiger partial charge is 0.413 e. The monoisotopic (exact) mass is 737 g/mol. The van der Waals surface area contributed by atoms with Gasteiger partial charge in [-0.05, 0) is 74.1 Å². The van der Waals surface area contributed by atoms with E-state index in [1.165, 1.54) is 29.2 Å². The Balaban J connectivity index is 1.35. The fraction of sp³-hybridized carbons (Fsp3) is 0.371. The number of anilines is 1. The molecule has 1 fully saturated rings. The number of aliphatic hydroxyl groups excluding tert-OH is 1. The summed E-state index contributed by atoms with van der Waals surface area (Å²) in [5, 5.41) is 20.0. The van der Waals surface area contributed by atoms with E-state index in [0.29, 0.717) is 23.5 Å². The second kappa shape index (κ2) is 16.0. The summed E-state index contributed by atoms with van der Waals surface area (Å²) in [5.41, 5.74) is 3.27. The maximum Gasteiger partial charge on any atom is 0.413 e. The number of ether oxygens (including phenoxy) is 3. The number of amides is 3. The van der Waals surface area contributed by atoms with Gasteiger partial charge in [-0.3, -0.25) is 19.8 Å². The molecular formula is C35H39N5O9S2. The Hall–Kier alpha value is -4.93. The van der Waals surface area contributed by atoms with Crippen molar-refractivity contribution in [2.45, 2.75) is 64.3 Å². The minimum atomic E-state index is -0.993. The van der Waals surface area contributed by atoms with Gasteiger partial charge in [-0.15, -0.1) is 23.1 Å². The molecule has 2 aliphatic rings. The quantitative estimate of drug-likeness (QED) is 0.105. The number of oxime groups is 1. The van der Waals surface area contributed by atoms with Crippen molar-refractivity contribution < 1.29 is 43.3 Å². The van der Waals surface area contributed by atoms with Gasteiger partial charge >= 0.3 is 12.1 Å². The van der Waals surface area contributed by atoms with E-state index < -0.39 is 40.9 Å². The van der Waals surface area contributed by atoms with Gasteiger partial charge in [-0.25, -0.2) is 14.6 Å². The third-order valence-electron chi connectivity index (χ3n) is 7.94. The molecule has 1 saturated heterocycles. The standard InChI is InChI=1S/C35H39N5O9S2/c1-19-21(8-7-9-22(19)15-41)14-23-17-50-31-27(30(43)40(31)28(23)32(44)48-16-20-10-12-24(46-5)13-11-20)37-29(42)26(39-47-6)25-18-51-33(36-25)38-34(45)49-35(2,3)4/h7-13,18,27,31,41H,14-17H2,1-6H3,(H,37,42)(H,36,38,45)/t27-,31-/m1/s1. The second-order valence-electron chi connectivity index (χ2n) is 12.6. The predicted molar refractivity (Wildman–Crippen MR) is 191 cm³/mol. The summed E-state index contributed by atoms with van der Waals surface area (Å²) < 4.78 is 16.2. The van der Waals surface area contributed by atoms with Crippen molar-refractivity contribution in [2.24, 2.45) is 5.16 Å². The van der Waals surface area contributed by atoms with Crippen LogP contribution in [0.4, 0.5) is 9.93 Å². The van der Waals surface area contributed by atoms with Crippen molar-refractivity contribution in [3.63, 3.8) is 0 Å². The van der Waals surface area contributed by atoms with E-state index in [0.717, 1.165) is 33.6 Å². The number of hydrogen-bond donors (Lipinski definition) is 3. The number of carbonyl (C=O) groups is 4. The first kappa shape index (κ1) is 37.3. The van der Waals surface area contributed by atoms with Crippen LogP contribution in [0.25, 0.3) is 0 Å². The molecule has 2 atom stereocenters. The molecule has 0 bridgehead atoms. The van der Waals surface area contributed by atoms with Gasteiger partial charge in [0.25, 0.3) is 11.8 Å². The molecule has 3 heterocycles. The largest absolute Gasteiger partial charge is 0.497 e. The number of nitrogens with one attached hydrogen (secondary N) is 2. The number of esters is 1. The molecule has 3 aromatic rings. The van der Waals surface area contributed by atoms with Crippen molar-refractivity contribution in [3.8, 4) is 5.75 Å². The molecule has 270 valence electrons. The van der Waals surface area contributed by atoms with Gasteiger partial charge in [-0.2, -0.15) is 0 Å². The fourth-order valence-electron chi connectivity index (χ4n) is 5.41. The zero-order valence-corrected chi connectivity index (χ0v) is 30.6. The van der Waals surface area contributed by atoms with E-state index in [1.54, 1.807) is 52.1 Å². The predicted octanol–water partition coefficient (Wildman–Crippen LogP) is 4.29. The van der Waals surface area contributed by atoms with Crippen LogP contribution >= 0.6 is 23.1 Å². The molecule has 0 spiro atoms. The Morgan fingerprint density at radius 2 is 1.82 bits per heavy atom. The summed E-state index contributed by atoms with van der Waals surface area (Å²) in [7, 11) is 2.83. The van der Waals surface area contributed by atoms with Crippen molar-refractivity contribution >= 4 is 57.8 Å². The number of nitrogens with zero attached hydrogens (tertiary/aromatic N) is 3. The van der Waals surface area contributed by atoms with Crippen LogP contribution in [0, 0.1) is 6.92 Å².